The molecule has 0 bridgehead atoms. The van der Waals surface area contributed by atoms with Crippen LogP contribution in [0.1, 0.15) is 5.56 Å². The lowest BCUT2D eigenvalue weighted by atomic mass is 10.2. The van der Waals surface area contributed by atoms with Gasteiger partial charge in [-0.25, -0.2) is 0 Å². The van der Waals surface area contributed by atoms with Gasteiger partial charge in [0.1, 0.15) is 5.75 Å². The monoisotopic (exact) mass is 453 g/mol. The van der Waals surface area contributed by atoms with Crippen molar-refractivity contribution in [1.29, 1.82) is 0 Å². The standard InChI is InChI=1S/C13H7Br2Cl2NO3/c14-6-7-1-2-8(15)3-12(7)21-13-10(16)4-9(18(19)20)5-11(13)17/h1-5H,6H2. The lowest BCUT2D eigenvalue weighted by Crippen LogP contribution is -1.94. The maximum absolute atomic E-state index is 10.8. The molecule has 2 aromatic rings. The normalized spacial score (nSPS) is 10.5. The van der Waals surface area contributed by atoms with Crippen LogP contribution in [0, 0.1) is 10.1 Å². The minimum absolute atomic E-state index is 0.0784. The van der Waals surface area contributed by atoms with E-state index in [0.29, 0.717) is 11.1 Å². The van der Waals surface area contributed by atoms with Crippen molar-refractivity contribution in [2.75, 3.05) is 0 Å². The van der Waals surface area contributed by atoms with Crippen LogP contribution in [0.3, 0.4) is 0 Å². The number of alkyl halides is 1. The van der Waals surface area contributed by atoms with E-state index in [1.54, 1.807) is 6.07 Å². The van der Waals surface area contributed by atoms with Crippen molar-refractivity contribution in [3.63, 3.8) is 0 Å². The van der Waals surface area contributed by atoms with Gasteiger partial charge in [-0.15, -0.1) is 0 Å². The van der Waals surface area contributed by atoms with Crippen molar-refractivity contribution in [3.8, 4) is 11.5 Å². The first-order valence-corrected chi connectivity index (χ1v) is 8.25. The van der Waals surface area contributed by atoms with E-state index in [1.807, 2.05) is 12.1 Å². The van der Waals surface area contributed by atoms with Crippen molar-refractivity contribution in [3.05, 3.63) is 60.5 Å². The molecule has 2 aromatic carbocycles. The van der Waals surface area contributed by atoms with Crippen LogP contribution in [0.25, 0.3) is 0 Å². The van der Waals surface area contributed by atoms with Crippen LogP contribution in [0.15, 0.2) is 34.8 Å². The second-order valence-electron chi connectivity index (χ2n) is 3.98. The molecule has 0 saturated carbocycles. The van der Waals surface area contributed by atoms with E-state index < -0.39 is 4.92 Å². The molecule has 0 fully saturated rings. The number of halogens is 4. The maximum atomic E-state index is 10.8. The summed E-state index contributed by atoms with van der Waals surface area (Å²) in [5.41, 5.74) is 0.705. The molecular formula is C13H7Br2Cl2NO3. The molecule has 0 radical (unpaired) electrons. The van der Waals surface area contributed by atoms with Gasteiger partial charge in [0.05, 0.1) is 15.0 Å². The number of rotatable bonds is 4. The SMILES string of the molecule is O=[N+]([O-])c1cc(Cl)c(Oc2cc(Br)ccc2CBr)c(Cl)c1. The third-order valence-corrected chi connectivity index (χ3v) is 4.24. The van der Waals surface area contributed by atoms with Gasteiger partial charge in [-0.05, 0) is 12.1 Å². The fourth-order valence-corrected chi connectivity index (χ4v) is 2.95. The molecule has 2 rings (SSSR count). The number of nitrogens with zero attached hydrogens (tertiary/aromatic N) is 1. The molecular weight excluding hydrogens is 449 g/mol. The highest BCUT2D eigenvalue weighted by Gasteiger charge is 2.17. The quantitative estimate of drug-likeness (QED) is 0.306. The Balaban J connectivity index is 2.45. The summed E-state index contributed by atoms with van der Waals surface area (Å²) in [7, 11) is 0. The summed E-state index contributed by atoms with van der Waals surface area (Å²) < 4.78 is 6.56. The van der Waals surface area contributed by atoms with Crippen LogP contribution < -0.4 is 4.74 Å². The van der Waals surface area contributed by atoms with Crippen molar-refractivity contribution in [2.45, 2.75) is 5.33 Å². The summed E-state index contributed by atoms with van der Waals surface area (Å²) in [5.74, 6) is 0.739. The molecule has 0 aliphatic heterocycles. The molecule has 0 heterocycles. The van der Waals surface area contributed by atoms with Crippen molar-refractivity contribution >= 4 is 60.7 Å². The second-order valence-corrected chi connectivity index (χ2v) is 6.27. The summed E-state index contributed by atoms with van der Waals surface area (Å²) >= 11 is 18.8. The first-order valence-electron chi connectivity index (χ1n) is 5.58. The van der Waals surface area contributed by atoms with E-state index in [1.165, 1.54) is 12.1 Å². The number of ether oxygens (including phenoxy) is 1. The highest BCUT2D eigenvalue weighted by atomic mass is 79.9. The molecule has 8 heteroatoms. The highest BCUT2D eigenvalue weighted by molar-refractivity contribution is 9.10. The molecule has 110 valence electrons. The van der Waals surface area contributed by atoms with E-state index >= 15 is 0 Å². The van der Waals surface area contributed by atoms with Gasteiger partial charge >= 0.3 is 0 Å². The molecule has 0 N–H and O–H groups in total. The Morgan fingerprint density at radius 1 is 1.19 bits per heavy atom. The van der Waals surface area contributed by atoms with Crippen LogP contribution in [0.2, 0.25) is 10.0 Å². The molecule has 0 spiro atoms. The Bertz CT molecular complexity index is 687. The predicted octanol–water partition coefficient (Wildman–Crippen LogP) is 6.35. The average Bonchev–Trinajstić information content (AvgIpc) is 2.42. The van der Waals surface area contributed by atoms with Gasteiger partial charge in [-0.3, -0.25) is 10.1 Å². The Morgan fingerprint density at radius 3 is 2.33 bits per heavy atom. The summed E-state index contributed by atoms with van der Waals surface area (Å²) in [4.78, 5) is 10.2. The van der Waals surface area contributed by atoms with Crippen LogP contribution in [0.4, 0.5) is 5.69 Å². The largest absolute Gasteiger partial charge is 0.454 e. The van der Waals surface area contributed by atoms with Crippen molar-refractivity contribution in [1.82, 2.24) is 0 Å². The van der Waals surface area contributed by atoms with Gasteiger partial charge in [0.2, 0.25) is 0 Å². The maximum Gasteiger partial charge on any atom is 0.272 e. The van der Waals surface area contributed by atoms with Gasteiger partial charge in [0.25, 0.3) is 5.69 Å². The Hall–Kier alpha value is -0.820. The number of nitro groups is 1. The summed E-state index contributed by atoms with van der Waals surface area (Å²) in [6, 6.07) is 7.93. The molecule has 21 heavy (non-hydrogen) atoms. The van der Waals surface area contributed by atoms with E-state index in [9.17, 15) is 10.1 Å². The minimum Gasteiger partial charge on any atom is -0.454 e. The van der Waals surface area contributed by atoms with E-state index in [0.717, 1.165) is 10.0 Å². The highest BCUT2D eigenvalue weighted by Crippen LogP contribution is 2.41. The summed E-state index contributed by atoms with van der Waals surface area (Å²) in [6.07, 6.45) is 0. The smallest absolute Gasteiger partial charge is 0.272 e. The third kappa shape index (κ3) is 3.88. The zero-order valence-corrected chi connectivity index (χ0v) is 15.0. The number of nitro benzene ring substituents is 1. The van der Waals surface area contributed by atoms with Gasteiger partial charge in [0.15, 0.2) is 5.75 Å². The van der Waals surface area contributed by atoms with E-state index in [4.69, 9.17) is 27.9 Å². The number of non-ortho nitro benzene ring substituents is 1. The molecule has 0 amide bonds. The second kappa shape index (κ2) is 6.96. The van der Waals surface area contributed by atoms with E-state index in [-0.39, 0.29) is 21.5 Å². The lowest BCUT2D eigenvalue weighted by Gasteiger charge is -2.12. The fourth-order valence-electron chi connectivity index (χ4n) is 1.59. The number of benzene rings is 2. The van der Waals surface area contributed by atoms with Gasteiger partial charge in [-0.2, -0.15) is 0 Å². The topological polar surface area (TPSA) is 52.4 Å². The molecule has 0 saturated heterocycles. The molecule has 0 unspecified atom stereocenters. The van der Waals surface area contributed by atoms with Crippen LogP contribution >= 0.6 is 55.1 Å². The summed E-state index contributed by atoms with van der Waals surface area (Å²) in [5, 5.41) is 11.5. The first kappa shape index (κ1) is 16.5. The number of hydrogen-bond acceptors (Lipinski definition) is 3. The molecule has 0 atom stereocenters. The van der Waals surface area contributed by atoms with Crippen molar-refractivity contribution < 1.29 is 9.66 Å². The number of hydrogen-bond donors (Lipinski definition) is 0. The Morgan fingerprint density at radius 2 is 1.81 bits per heavy atom. The van der Waals surface area contributed by atoms with Crippen LogP contribution in [-0.2, 0) is 5.33 Å². The third-order valence-electron chi connectivity index (χ3n) is 2.58. The van der Waals surface area contributed by atoms with Gasteiger partial charge < -0.3 is 4.74 Å². The van der Waals surface area contributed by atoms with Crippen molar-refractivity contribution in [2.24, 2.45) is 0 Å². The van der Waals surface area contributed by atoms with E-state index in [2.05, 4.69) is 31.9 Å². The van der Waals surface area contributed by atoms with Crippen LogP contribution in [-0.4, -0.2) is 4.92 Å². The Kier molecular flexibility index (Phi) is 5.48. The van der Waals surface area contributed by atoms with Gasteiger partial charge in [-0.1, -0.05) is 61.1 Å². The fraction of sp³-hybridized carbons (Fsp3) is 0.0769. The Labute approximate surface area is 147 Å². The average molecular weight is 456 g/mol. The zero-order chi connectivity index (χ0) is 15.6. The van der Waals surface area contributed by atoms with Crippen LogP contribution in [0.5, 0.6) is 11.5 Å². The first-order chi connectivity index (χ1) is 9.92. The predicted molar refractivity (Wildman–Crippen MR) is 90.0 cm³/mol. The molecule has 0 aliphatic rings. The summed E-state index contributed by atoms with van der Waals surface area (Å²) in [6.45, 7) is 0. The molecule has 0 aromatic heterocycles. The minimum atomic E-state index is -0.565. The van der Waals surface area contributed by atoms with Gasteiger partial charge in [0, 0.05) is 27.5 Å². The lowest BCUT2D eigenvalue weighted by molar-refractivity contribution is -0.384. The zero-order valence-electron chi connectivity index (χ0n) is 10.3. The molecule has 0 aliphatic carbocycles. The molecule has 4 nitrogen and oxygen atoms in total.